The first-order valence-electron chi connectivity index (χ1n) is 6.17. The van der Waals surface area contributed by atoms with E-state index in [0.717, 1.165) is 19.4 Å². The van der Waals surface area contributed by atoms with Crippen molar-refractivity contribution in [3.8, 4) is 0 Å². The third-order valence-electron chi connectivity index (χ3n) is 3.06. The minimum Gasteiger partial charge on any atom is -0.377 e. The highest BCUT2D eigenvalue weighted by atomic mass is 16.5. The molecule has 17 heavy (non-hydrogen) atoms. The van der Waals surface area contributed by atoms with Gasteiger partial charge < -0.3 is 4.74 Å². The van der Waals surface area contributed by atoms with Crippen LogP contribution >= 0.6 is 0 Å². The van der Waals surface area contributed by atoms with E-state index in [-0.39, 0.29) is 5.78 Å². The first-order valence-corrected chi connectivity index (χ1v) is 6.17. The van der Waals surface area contributed by atoms with E-state index in [4.69, 9.17) is 4.74 Å². The summed E-state index contributed by atoms with van der Waals surface area (Å²) < 4.78 is 5.63. The minimum absolute atomic E-state index is 0.256. The molecule has 0 unspecified atom stereocenters. The van der Waals surface area contributed by atoms with Gasteiger partial charge in [0.05, 0.1) is 6.61 Å². The lowest BCUT2D eigenvalue weighted by Crippen LogP contribution is -2.10. The predicted molar refractivity (Wildman–Crippen MR) is 67.6 cm³/mol. The number of benzene rings is 1. The first-order chi connectivity index (χ1) is 8.34. The van der Waals surface area contributed by atoms with E-state index in [1.165, 1.54) is 5.56 Å². The van der Waals surface area contributed by atoms with Gasteiger partial charge in [0.1, 0.15) is 0 Å². The van der Waals surface area contributed by atoms with Crippen molar-refractivity contribution in [1.82, 2.24) is 0 Å². The van der Waals surface area contributed by atoms with Crippen LogP contribution in [0.25, 0.3) is 0 Å². The first kappa shape index (κ1) is 12.1. The van der Waals surface area contributed by atoms with Crippen LogP contribution in [0.4, 0.5) is 0 Å². The fourth-order valence-corrected chi connectivity index (χ4v) is 1.99. The molecule has 90 valence electrons. The monoisotopic (exact) mass is 230 g/mol. The summed E-state index contributed by atoms with van der Waals surface area (Å²) in [6.45, 7) is 1.44. The van der Waals surface area contributed by atoms with Crippen molar-refractivity contribution in [3.05, 3.63) is 48.0 Å². The molecule has 0 amide bonds. The standard InChI is InChI=1S/C15H18O2/c16-15-8-6-13(7-9-15)10-11-17-12-14-4-2-1-3-5-14/h1-6,8,13H,7,9-12H2/t13-/m0/s1. The molecule has 0 aromatic heterocycles. The SMILES string of the molecule is O=C1C=C[C@H](CCOCc2ccccc2)CC1. The van der Waals surface area contributed by atoms with Gasteiger partial charge >= 0.3 is 0 Å². The van der Waals surface area contributed by atoms with Crippen molar-refractivity contribution in [1.29, 1.82) is 0 Å². The Morgan fingerprint density at radius 3 is 2.76 bits per heavy atom. The van der Waals surface area contributed by atoms with E-state index >= 15 is 0 Å². The number of carbonyl (C=O) groups is 1. The second-order valence-electron chi connectivity index (χ2n) is 4.45. The molecular formula is C15H18O2. The summed E-state index contributed by atoms with van der Waals surface area (Å²) in [6, 6.07) is 10.2. The average Bonchev–Trinajstić information content (AvgIpc) is 2.38. The fourth-order valence-electron chi connectivity index (χ4n) is 1.99. The Morgan fingerprint density at radius 2 is 2.06 bits per heavy atom. The highest BCUT2D eigenvalue weighted by Crippen LogP contribution is 2.18. The predicted octanol–water partition coefficient (Wildman–Crippen LogP) is 3.13. The van der Waals surface area contributed by atoms with Gasteiger partial charge in [-0.25, -0.2) is 0 Å². The highest BCUT2D eigenvalue weighted by Gasteiger charge is 2.12. The van der Waals surface area contributed by atoms with E-state index in [2.05, 4.69) is 12.1 Å². The Bertz CT molecular complexity index is 381. The van der Waals surface area contributed by atoms with E-state index in [1.54, 1.807) is 6.08 Å². The molecule has 0 radical (unpaired) electrons. The van der Waals surface area contributed by atoms with Gasteiger partial charge in [-0.15, -0.1) is 0 Å². The second kappa shape index (κ2) is 6.36. The van der Waals surface area contributed by atoms with Crippen molar-refractivity contribution < 1.29 is 9.53 Å². The molecule has 1 aliphatic carbocycles. The van der Waals surface area contributed by atoms with Crippen molar-refractivity contribution >= 4 is 5.78 Å². The number of hydrogen-bond acceptors (Lipinski definition) is 2. The van der Waals surface area contributed by atoms with E-state index in [9.17, 15) is 4.79 Å². The molecule has 1 aliphatic rings. The van der Waals surface area contributed by atoms with Crippen LogP contribution in [-0.4, -0.2) is 12.4 Å². The van der Waals surface area contributed by atoms with Crippen LogP contribution in [0.1, 0.15) is 24.8 Å². The Balaban J connectivity index is 1.64. The van der Waals surface area contributed by atoms with Crippen LogP contribution < -0.4 is 0 Å². The van der Waals surface area contributed by atoms with Gasteiger partial charge in [-0.1, -0.05) is 36.4 Å². The molecule has 0 fully saturated rings. The lowest BCUT2D eigenvalue weighted by atomic mass is 9.93. The molecule has 2 heteroatoms. The molecule has 2 rings (SSSR count). The van der Waals surface area contributed by atoms with Gasteiger partial charge in [0.15, 0.2) is 5.78 Å². The third-order valence-corrected chi connectivity index (χ3v) is 3.06. The largest absolute Gasteiger partial charge is 0.377 e. The maximum atomic E-state index is 11.0. The molecular weight excluding hydrogens is 212 g/mol. The zero-order chi connectivity index (χ0) is 11.9. The minimum atomic E-state index is 0.256. The van der Waals surface area contributed by atoms with Gasteiger partial charge in [-0.3, -0.25) is 4.79 Å². The fraction of sp³-hybridized carbons (Fsp3) is 0.400. The summed E-state index contributed by atoms with van der Waals surface area (Å²) in [5, 5.41) is 0. The zero-order valence-electron chi connectivity index (χ0n) is 9.97. The lowest BCUT2D eigenvalue weighted by molar-refractivity contribution is -0.115. The number of ether oxygens (including phenoxy) is 1. The normalized spacial score (nSPS) is 19.5. The molecule has 1 aromatic carbocycles. The van der Waals surface area contributed by atoms with Crippen molar-refractivity contribution in [2.75, 3.05) is 6.61 Å². The summed E-state index contributed by atoms with van der Waals surface area (Å²) in [6.07, 6.45) is 6.42. The van der Waals surface area contributed by atoms with Crippen LogP contribution in [0.2, 0.25) is 0 Å². The van der Waals surface area contributed by atoms with Gasteiger partial charge in [-0.05, 0) is 30.4 Å². The van der Waals surface area contributed by atoms with E-state index < -0.39 is 0 Å². The summed E-state index contributed by atoms with van der Waals surface area (Å²) in [7, 11) is 0. The molecule has 1 atom stereocenters. The second-order valence-corrected chi connectivity index (χ2v) is 4.45. The third kappa shape index (κ3) is 4.16. The van der Waals surface area contributed by atoms with Crippen LogP contribution in [0, 0.1) is 5.92 Å². The molecule has 1 aromatic rings. The van der Waals surface area contributed by atoms with Gasteiger partial charge in [0, 0.05) is 13.0 Å². The van der Waals surface area contributed by atoms with Crippen molar-refractivity contribution in [2.24, 2.45) is 5.92 Å². The molecule has 0 spiro atoms. The average molecular weight is 230 g/mol. The number of ketones is 1. The highest BCUT2D eigenvalue weighted by molar-refractivity contribution is 5.90. The summed E-state index contributed by atoms with van der Waals surface area (Å²) >= 11 is 0. The summed E-state index contributed by atoms with van der Waals surface area (Å²) in [4.78, 5) is 11.0. The smallest absolute Gasteiger partial charge is 0.155 e. The number of carbonyl (C=O) groups excluding carboxylic acids is 1. The number of allylic oxidation sites excluding steroid dienone is 2. The molecule has 0 N–H and O–H groups in total. The van der Waals surface area contributed by atoms with Crippen molar-refractivity contribution in [3.63, 3.8) is 0 Å². The Hall–Kier alpha value is -1.41. The Labute approximate surface area is 102 Å². The number of hydrogen-bond donors (Lipinski definition) is 0. The Morgan fingerprint density at radius 1 is 1.24 bits per heavy atom. The van der Waals surface area contributed by atoms with Crippen molar-refractivity contribution in [2.45, 2.75) is 25.9 Å². The molecule has 0 bridgehead atoms. The number of rotatable bonds is 5. The van der Waals surface area contributed by atoms with Crippen LogP contribution in [0.3, 0.4) is 0 Å². The molecule has 0 saturated heterocycles. The molecule has 0 saturated carbocycles. The quantitative estimate of drug-likeness (QED) is 0.726. The Kier molecular flexibility index (Phi) is 4.51. The van der Waals surface area contributed by atoms with Crippen LogP contribution in [-0.2, 0) is 16.1 Å². The topological polar surface area (TPSA) is 26.3 Å². The maximum absolute atomic E-state index is 11.0. The van der Waals surface area contributed by atoms with Crippen LogP contribution in [0.5, 0.6) is 0 Å². The molecule has 0 heterocycles. The van der Waals surface area contributed by atoms with E-state index in [1.807, 2.05) is 24.3 Å². The van der Waals surface area contributed by atoms with Gasteiger partial charge in [-0.2, -0.15) is 0 Å². The molecule has 0 aliphatic heterocycles. The van der Waals surface area contributed by atoms with Crippen LogP contribution in [0.15, 0.2) is 42.5 Å². The zero-order valence-corrected chi connectivity index (χ0v) is 9.97. The van der Waals surface area contributed by atoms with E-state index in [0.29, 0.717) is 18.9 Å². The maximum Gasteiger partial charge on any atom is 0.155 e. The van der Waals surface area contributed by atoms with Gasteiger partial charge in [0.25, 0.3) is 0 Å². The molecule has 2 nitrogen and oxygen atoms in total. The summed E-state index contributed by atoms with van der Waals surface area (Å²) in [5.74, 6) is 0.773. The summed E-state index contributed by atoms with van der Waals surface area (Å²) in [5.41, 5.74) is 1.21. The lowest BCUT2D eigenvalue weighted by Gasteiger charge is -2.15. The van der Waals surface area contributed by atoms with Gasteiger partial charge in [0.2, 0.25) is 0 Å².